The van der Waals surface area contributed by atoms with Crippen LogP contribution in [-0.4, -0.2) is 31.6 Å². The zero-order valence-electron chi connectivity index (χ0n) is 14.7. The van der Waals surface area contributed by atoms with Gasteiger partial charge in [0.15, 0.2) is 0 Å². The highest BCUT2D eigenvalue weighted by Crippen LogP contribution is 2.38. The van der Waals surface area contributed by atoms with Crippen molar-refractivity contribution in [2.75, 3.05) is 19.6 Å². The molecule has 24 heavy (non-hydrogen) atoms. The third-order valence-electron chi connectivity index (χ3n) is 6.12. The molecule has 130 valence electrons. The molecule has 0 radical (unpaired) electrons. The van der Waals surface area contributed by atoms with Crippen LogP contribution in [-0.2, 0) is 0 Å². The molecule has 1 aliphatic carbocycles. The minimum atomic E-state index is 0.0506. The number of amides is 1. The standard InChI is InChI=1S/C20H28N2O2/c1-20(2)7-5-14(6-8-20)24-15-3-4-16-17(9-15)19(23)22-11-13-10-21-12-18(13)16/h3-4,9,13-14,18,21H,5-8,10-12H2,1-2H3,(H,22,23)/t13-,18?/m0/s1. The molecule has 4 nitrogen and oxygen atoms in total. The first-order chi connectivity index (χ1) is 11.5. The van der Waals surface area contributed by atoms with E-state index < -0.39 is 0 Å². The molecule has 4 heteroatoms. The molecule has 2 aliphatic heterocycles. The Morgan fingerprint density at radius 2 is 1.92 bits per heavy atom. The van der Waals surface area contributed by atoms with Crippen LogP contribution in [0.15, 0.2) is 18.2 Å². The largest absolute Gasteiger partial charge is 0.490 e. The zero-order chi connectivity index (χ0) is 16.7. The van der Waals surface area contributed by atoms with Gasteiger partial charge in [0.2, 0.25) is 0 Å². The van der Waals surface area contributed by atoms with Gasteiger partial charge in [-0.05, 0) is 54.7 Å². The van der Waals surface area contributed by atoms with E-state index in [9.17, 15) is 4.79 Å². The summed E-state index contributed by atoms with van der Waals surface area (Å²) in [7, 11) is 0. The van der Waals surface area contributed by atoms with E-state index in [1.165, 1.54) is 18.4 Å². The Kier molecular flexibility index (Phi) is 4.03. The predicted octanol–water partition coefficient (Wildman–Crippen LogP) is 3.08. The second-order valence-electron chi connectivity index (χ2n) is 8.47. The summed E-state index contributed by atoms with van der Waals surface area (Å²) in [4.78, 5) is 12.5. The lowest BCUT2D eigenvalue weighted by Gasteiger charge is -2.34. The fraction of sp³-hybridized carbons (Fsp3) is 0.650. The molecule has 2 N–H and O–H groups in total. The Morgan fingerprint density at radius 3 is 2.71 bits per heavy atom. The van der Waals surface area contributed by atoms with E-state index in [2.05, 4.69) is 36.6 Å². The monoisotopic (exact) mass is 328 g/mol. The molecule has 1 aromatic rings. The van der Waals surface area contributed by atoms with Gasteiger partial charge in [-0.1, -0.05) is 19.9 Å². The Bertz CT molecular complexity index is 631. The Morgan fingerprint density at radius 1 is 1.12 bits per heavy atom. The van der Waals surface area contributed by atoms with Crippen LogP contribution in [0.4, 0.5) is 0 Å². The second kappa shape index (κ2) is 6.07. The second-order valence-corrected chi connectivity index (χ2v) is 8.47. The predicted molar refractivity (Wildman–Crippen MR) is 94.5 cm³/mol. The van der Waals surface area contributed by atoms with E-state index in [0.717, 1.165) is 43.8 Å². The molecule has 2 fully saturated rings. The summed E-state index contributed by atoms with van der Waals surface area (Å²) in [6, 6.07) is 6.14. The van der Waals surface area contributed by atoms with Gasteiger partial charge in [-0.3, -0.25) is 4.79 Å². The van der Waals surface area contributed by atoms with Crippen molar-refractivity contribution in [3.05, 3.63) is 29.3 Å². The lowest BCUT2D eigenvalue weighted by atomic mass is 9.76. The molecule has 1 unspecified atom stereocenters. The molecule has 3 aliphatic rings. The van der Waals surface area contributed by atoms with E-state index in [4.69, 9.17) is 4.74 Å². The Labute approximate surface area is 144 Å². The van der Waals surface area contributed by atoms with E-state index in [-0.39, 0.29) is 12.0 Å². The normalized spacial score (nSPS) is 29.3. The molecule has 4 rings (SSSR count). The van der Waals surface area contributed by atoms with Crippen LogP contribution in [0.2, 0.25) is 0 Å². The van der Waals surface area contributed by atoms with E-state index >= 15 is 0 Å². The van der Waals surface area contributed by atoms with E-state index in [1.807, 2.05) is 6.07 Å². The SMILES string of the molecule is CC1(C)CCC(Oc2ccc3c(c2)C(=O)NC[C@@H]2CNCC32)CC1. The van der Waals surface area contributed by atoms with Crippen LogP contribution in [0.3, 0.4) is 0 Å². The Balaban J connectivity index is 1.53. The van der Waals surface area contributed by atoms with Crippen molar-refractivity contribution >= 4 is 5.91 Å². The van der Waals surface area contributed by atoms with Crippen LogP contribution in [0, 0.1) is 11.3 Å². The number of benzene rings is 1. The van der Waals surface area contributed by atoms with Gasteiger partial charge in [0.1, 0.15) is 5.75 Å². The number of fused-ring (bicyclic) bond motifs is 3. The maximum Gasteiger partial charge on any atom is 0.251 e. The number of hydrogen-bond acceptors (Lipinski definition) is 3. The fourth-order valence-corrected chi connectivity index (χ4v) is 4.44. The first-order valence-corrected chi connectivity index (χ1v) is 9.31. The first-order valence-electron chi connectivity index (χ1n) is 9.31. The van der Waals surface area contributed by atoms with Crippen LogP contribution in [0.5, 0.6) is 5.75 Å². The van der Waals surface area contributed by atoms with Crippen molar-refractivity contribution in [2.45, 2.75) is 51.6 Å². The first kappa shape index (κ1) is 15.9. The summed E-state index contributed by atoms with van der Waals surface area (Å²) >= 11 is 0. The molecule has 0 aromatic heterocycles. The van der Waals surface area contributed by atoms with Crippen LogP contribution in [0.1, 0.15) is 61.4 Å². The molecule has 1 saturated heterocycles. The number of ether oxygens (including phenoxy) is 1. The van der Waals surface area contributed by atoms with Gasteiger partial charge >= 0.3 is 0 Å². The smallest absolute Gasteiger partial charge is 0.251 e. The number of carbonyl (C=O) groups excluding carboxylic acids is 1. The van der Waals surface area contributed by atoms with Crippen molar-refractivity contribution in [1.82, 2.24) is 10.6 Å². The minimum Gasteiger partial charge on any atom is -0.490 e. The average molecular weight is 328 g/mol. The average Bonchev–Trinajstić information content (AvgIpc) is 2.98. The zero-order valence-corrected chi connectivity index (χ0v) is 14.7. The van der Waals surface area contributed by atoms with Crippen LogP contribution < -0.4 is 15.4 Å². The molecule has 1 amide bonds. The van der Waals surface area contributed by atoms with Gasteiger partial charge in [-0.15, -0.1) is 0 Å². The third kappa shape index (κ3) is 3.04. The molecular weight excluding hydrogens is 300 g/mol. The quantitative estimate of drug-likeness (QED) is 0.877. The summed E-state index contributed by atoms with van der Waals surface area (Å²) in [5, 5.41) is 6.53. The van der Waals surface area contributed by atoms with Crippen molar-refractivity contribution in [1.29, 1.82) is 0 Å². The van der Waals surface area contributed by atoms with Gasteiger partial charge in [0.25, 0.3) is 5.91 Å². The number of rotatable bonds is 2. The maximum atomic E-state index is 12.5. The molecule has 1 aromatic carbocycles. The van der Waals surface area contributed by atoms with Gasteiger partial charge < -0.3 is 15.4 Å². The summed E-state index contributed by atoms with van der Waals surface area (Å²) < 4.78 is 6.22. The lowest BCUT2D eigenvalue weighted by Crippen LogP contribution is -2.29. The van der Waals surface area contributed by atoms with Gasteiger partial charge in [-0.2, -0.15) is 0 Å². The summed E-state index contributed by atoms with van der Waals surface area (Å²) in [6.45, 7) is 7.38. The summed E-state index contributed by atoms with van der Waals surface area (Å²) in [5.74, 6) is 1.83. The molecular formula is C20H28N2O2. The van der Waals surface area contributed by atoms with E-state index in [1.54, 1.807) is 0 Å². The van der Waals surface area contributed by atoms with Crippen molar-refractivity contribution in [2.24, 2.45) is 11.3 Å². The molecule has 0 bridgehead atoms. The highest BCUT2D eigenvalue weighted by molar-refractivity contribution is 5.96. The van der Waals surface area contributed by atoms with Crippen LogP contribution in [0.25, 0.3) is 0 Å². The van der Waals surface area contributed by atoms with Crippen molar-refractivity contribution < 1.29 is 9.53 Å². The minimum absolute atomic E-state index is 0.0506. The highest BCUT2D eigenvalue weighted by atomic mass is 16.5. The molecule has 1 saturated carbocycles. The van der Waals surface area contributed by atoms with Crippen molar-refractivity contribution in [3.8, 4) is 5.75 Å². The van der Waals surface area contributed by atoms with Crippen molar-refractivity contribution in [3.63, 3.8) is 0 Å². The summed E-state index contributed by atoms with van der Waals surface area (Å²) in [5.41, 5.74) is 2.43. The van der Waals surface area contributed by atoms with Gasteiger partial charge in [0.05, 0.1) is 6.10 Å². The Hall–Kier alpha value is -1.55. The maximum absolute atomic E-state index is 12.5. The molecule has 0 spiro atoms. The summed E-state index contributed by atoms with van der Waals surface area (Å²) in [6.07, 6.45) is 4.90. The van der Waals surface area contributed by atoms with Gasteiger partial charge in [-0.25, -0.2) is 0 Å². The van der Waals surface area contributed by atoms with E-state index in [0.29, 0.717) is 17.3 Å². The lowest BCUT2D eigenvalue weighted by molar-refractivity contribution is 0.0942. The molecule has 2 atom stereocenters. The topological polar surface area (TPSA) is 50.4 Å². The fourth-order valence-electron chi connectivity index (χ4n) is 4.44. The third-order valence-corrected chi connectivity index (χ3v) is 6.12. The highest BCUT2D eigenvalue weighted by Gasteiger charge is 2.34. The van der Waals surface area contributed by atoms with Crippen LogP contribution >= 0.6 is 0 Å². The number of hydrogen-bond donors (Lipinski definition) is 2. The molecule has 2 heterocycles. The van der Waals surface area contributed by atoms with Gasteiger partial charge in [0, 0.05) is 31.1 Å². The number of nitrogens with one attached hydrogen (secondary N) is 2. The number of carbonyl (C=O) groups is 1.